The smallest absolute Gasteiger partial charge is 0.251 e. The van der Waals surface area contributed by atoms with Gasteiger partial charge in [-0.1, -0.05) is 0 Å². The van der Waals surface area contributed by atoms with E-state index in [0.717, 1.165) is 6.07 Å². The van der Waals surface area contributed by atoms with E-state index in [1.165, 1.54) is 12.3 Å². The van der Waals surface area contributed by atoms with E-state index in [1.807, 2.05) is 0 Å². The number of carbonyl (C=O) groups excluding carboxylic acids is 1. The van der Waals surface area contributed by atoms with Gasteiger partial charge < -0.3 is 10.4 Å². The first-order chi connectivity index (χ1) is 6.63. The van der Waals surface area contributed by atoms with Gasteiger partial charge in [0.2, 0.25) is 5.95 Å². The van der Waals surface area contributed by atoms with Crippen LogP contribution in [0.15, 0.2) is 18.3 Å². The molecule has 1 amide bonds. The van der Waals surface area contributed by atoms with Crippen molar-refractivity contribution in [3.63, 3.8) is 0 Å². The van der Waals surface area contributed by atoms with Crippen molar-refractivity contribution in [1.29, 1.82) is 0 Å². The predicted octanol–water partition coefficient (Wildman–Crippen LogP) is 0.331. The molecule has 0 fully saturated rings. The Morgan fingerprint density at radius 1 is 1.79 bits per heavy atom. The molecule has 0 aliphatic rings. The van der Waals surface area contributed by atoms with Gasteiger partial charge in [0.15, 0.2) is 0 Å². The molecule has 0 unspecified atom stereocenters. The number of rotatable bonds is 3. The molecule has 0 aliphatic carbocycles. The van der Waals surface area contributed by atoms with Crippen molar-refractivity contribution in [3.05, 3.63) is 29.8 Å². The summed E-state index contributed by atoms with van der Waals surface area (Å²) in [7, 11) is 0. The highest BCUT2D eigenvalue weighted by Gasteiger charge is 2.09. The SMILES string of the molecule is C[C@H](CO)NC(=O)c1ccnc(F)c1. The summed E-state index contributed by atoms with van der Waals surface area (Å²) in [6.07, 6.45) is 1.22. The van der Waals surface area contributed by atoms with Gasteiger partial charge >= 0.3 is 0 Å². The molecule has 0 radical (unpaired) electrons. The quantitative estimate of drug-likeness (QED) is 0.688. The fourth-order valence-corrected chi connectivity index (χ4v) is 0.896. The second kappa shape index (κ2) is 4.66. The molecule has 1 aromatic rings. The van der Waals surface area contributed by atoms with Crippen LogP contribution in [0.4, 0.5) is 4.39 Å². The van der Waals surface area contributed by atoms with Crippen LogP contribution in [0.25, 0.3) is 0 Å². The van der Waals surface area contributed by atoms with Gasteiger partial charge in [0.05, 0.1) is 6.61 Å². The van der Waals surface area contributed by atoms with E-state index < -0.39 is 11.9 Å². The molecule has 0 spiro atoms. The number of nitrogens with zero attached hydrogens (tertiary/aromatic N) is 1. The molecule has 1 atom stereocenters. The van der Waals surface area contributed by atoms with E-state index in [-0.39, 0.29) is 18.2 Å². The van der Waals surface area contributed by atoms with Gasteiger partial charge in [-0.3, -0.25) is 4.79 Å². The Labute approximate surface area is 80.8 Å². The number of carbonyl (C=O) groups is 1. The number of amides is 1. The lowest BCUT2D eigenvalue weighted by molar-refractivity contribution is 0.0921. The number of halogens is 1. The molecule has 76 valence electrons. The van der Waals surface area contributed by atoms with Crippen LogP contribution in [-0.4, -0.2) is 28.6 Å². The second-order valence-corrected chi connectivity index (χ2v) is 2.92. The highest BCUT2D eigenvalue weighted by Crippen LogP contribution is 2.00. The molecule has 1 aromatic heterocycles. The van der Waals surface area contributed by atoms with Crippen LogP contribution in [-0.2, 0) is 0 Å². The molecule has 14 heavy (non-hydrogen) atoms. The number of hydrogen-bond donors (Lipinski definition) is 2. The molecule has 0 aromatic carbocycles. The molecule has 4 nitrogen and oxygen atoms in total. The summed E-state index contributed by atoms with van der Waals surface area (Å²) in [5.74, 6) is -1.12. The summed E-state index contributed by atoms with van der Waals surface area (Å²) in [5.41, 5.74) is 0.192. The summed E-state index contributed by atoms with van der Waals surface area (Å²) < 4.78 is 12.6. The van der Waals surface area contributed by atoms with Gasteiger partial charge in [-0.2, -0.15) is 4.39 Å². The summed E-state index contributed by atoms with van der Waals surface area (Å²) in [6.45, 7) is 1.49. The van der Waals surface area contributed by atoms with Crippen LogP contribution in [0.3, 0.4) is 0 Å². The number of pyridine rings is 1. The minimum atomic E-state index is -0.700. The Balaban J connectivity index is 2.70. The maximum atomic E-state index is 12.6. The highest BCUT2D eigenvalue weighted by atomic mass is 19.1. The fraction of sp³-hybridized carbons (Fsp3) is 0.333. The Kier molecular flexibility index (Phi) is 3.53. The zero-order chi connectivity index (χ0) is 10.6. The monoisotopic (exact) mass is 198 g/mol. The number of hydrogen-bond acceptors (Lipinski definition) is 3. The van der Waals surface area contributed by atoms with Gasteiger partial charge in [-0.25, -0.2) is 4.98 Å². The normalized spacial score (nSPS) is 12.2. The molecular weight excluding hydrogens is 187 g/mol. The molecular formula is C9H11FN2O2. The van der Waals surface area contributed by atoms with Gasteiger partial charge in [0.25, 0.3) is 5.91 Å². The van der Waals surface area contributed by atoms with Crippen molar-refractivity contribution in [2.24, 2.45) is 0 Å². The van der Waals surface area contributed by atoms with Crippen LogP contribution in [0.1, 0.15) is 17.3 Å². The lowest BCUT2D eigenvalue weighted by Gasteiger charge is -2.10. The zero-order valence-corrected chi connectivity index (χ0v) is 7.70. The van der Waals surface area contributed by atoms with Crippen molar-refractivity contribution < 1.29 is 14.3 Å². The maximum absolute atomic E-state index is 12.6. The number of nitrogens with one attached hydrogen (secondary N) is 1. The minimum Gasteiger partial charge on any atom is -0.394 e. The third-order valence-electron chi connectivity index (χ3n) is 1.64. The Hall–Kier alpha value is -1.49. The van der Waals surface area contributed by atoms with Gasteiger partial charge in [0.1, 0.15) is 0 Å². The van der Waals surface area contributed by atoms with E-state index in [1.54, 1.807) is 6.92 Å². The highest BCUT2D eigenvalue weighted by molar-refractivity contribution is 5.94. The van der Waals surface area contributed by atoms with E-state index >= 15 is 0 Å². The van der Waals surface area contributed by atoms with Crippen molar-refractivity contribution in [2.45, 2.75) is 13.0 Å². The van der Waals surface area contributed by atoms with Crippen LogP contribution in [0, 0.1) is 5.95 Å². The standard InChI is InChI=1S/C9H11FN2O2/c1-6(5-13)12-9(14)7-2-3-11-8(10)4-7/h2-4,6,13H,5H2,1H3,(H,12,14)/t6-/m1/s1. The second-order valence-electron chi connectivity index (χ2n) is 2.92. The summed E-state index contributed by atoms with van der Waals surface area (Å²) >= 11 is 0. The van der Waals surface area contributed by atoms with Gasteiger partial charge in [0, 0.05) is 23.9 Å². The summed E-state index contributed by atoms with van der Waals surface area (Å²) in [5, 5.41) is 11.2. The lowest BCUT2D eigenvalue weighted by Crippen LogP contribution is -2.35. The number of aromatic nitrogens is 1. The van der Waals surface area contributed by atoms with Gasteiger partial charge in [-0.15, -0.1) is 0 Å². The van der Waals surface area contributed by atoms with Crippen molar-refractivity contribution in [1.82, 2.24) is 10.3 Å². The Morgan fingerprint density at radius 3 is 3.07 bits per heavy atom. The van der Waals surface area contributed by atoms with Crippen LogP contribution in [0.5, 0.6) is 0 Å². The average Bonchev–Trinajstić information content (AvgIpc) is 2.17. The van der Waals surface area contributed by atoms with E-state index in [2.05, 4.69) is 10.3 Å². The zero-order valence-electron chi connectivity index (χ0n) is 7.70. The summed E-state index contributed by atoms with van der Waals surface area (Å²) in [4.78, 5) is 14.7. The minimum absolute atomic E-state index is 0.153. The first-order valence-corrected chi connectivity index (χ1v) is 4.16. The molecule has 0 saturated heterocycles. The van der Waals surface area contributed by atoms with Crippen LogP contribution < -0.4 is 5.32 Å². The number of aliphatic hydroxyl groups excluding tert-OH is 1. The van der Waals surface area contributed by atoms with Gasteiger partial charge in [-0.05, 0) is 13.0 Å². The first-order valence-electron chi connectivity index (χ1n) is 4.16. The molecule has 5 heteroatoms. The predicted molar refractivity (Wildman–Crippen MR) is 48.2 cm³/mol. The molecule has 1 rings (SSSR count). The summed E-state index contributed by atoms with van der Waals surface area (Å²) in [6, 6.07) is 2.10. The van der Waals surface area contributed by atoms with E-state index in [0.29, 0.717) is 0 Å². The molecule has 2 N–H and O–H groups in total. The maximum Gasteiger partial charge on any atom is 0.251 e. The fourth-order valence-electron chi connectivity index (χ4n) is 0.896. The Morgan fingerprint density at radius 2 is 2.50 bits per heavy atom. The van der Waals surface area contributed by atoms with Crippen LogP contribution >= 0.6 is 0 Å². The number of aliphatic hydroxyl groups is 1. The molecule has 0 saturated carbocycles. The van der Waals surface area contributed by atoms with Crippen molar-refractivity contribution >= 4 is 5.91 Å². The van der Waals surface area contributed by atoms with Crippen molar-refractivity contribution in [2.75, 3.05) is 6.61 Å². The third-order valence-corrected chi connectivity index (χ3v) is 1.64. The van der Waals surface area contributed by atoms with Crippen LogP contribution in [0.2, 0.25) is 0 Å². The van der Waals surface area contributed by atoms with Crippen molar-refractivity contribution in [3.8, 4) is 0 Å². The molecule has 0 bridgehead atoms. The largest absolute Gasteiger partial charge is 0.394 e. The molecule has 1 heterocycles. The lowest BCUT2D eigenvalue weighted by atomic mass is 10.2. The Bertz CT molecular complexity index is 330. The third kappa shape index (κ3) is 2.77. The average molecular weight is 198 g/mol. The molecule has 0 aliphatic heterocycles. The topological polar surface area (TPSA) is 62.2 Å². The first kappa shape index (κ1) is 10.6. The van der Waals surface area contributed by atoms with E-state index in [4.69, 9.17) is 5.11 Å². The van der Waals surface area contributed by atoms with E-state index in [9.17, 15) is 9.18 Å².